The molecule has 0 atom stereocenters. The van der Waals surface area contributed by atoms with Crippen molar-refractivity contribution in [3.8, 4) is 0 Å². The summed E-state index contributed by atoms with van der Waals surface area (Å²) in [4.78, 5) is 3.92. The van der Waals surface area contributed by atoms with Gasteiger partial charge in [0.25, 0.3) is 6.43 Å². The number of pyridine rings is 1. The first-order valence-corrected chi connectivity index (χ1v) is 3.85. The standard InChI is InChI=1S/C9H11F2N/c1-6(2)8-4-3-7(5-12-8)9(10)11/h3-6,9H,1-2H3. The zero-order valence-electron chi connectivity index (χ0n) is 7.09. The van der Waals surface area contributed by atoms with Crippen LogP contribution < -0.4 is 0 Å². The van der Waals surface area contributed by atoms with Crippen molar-refractivity contribution < 1.29 is 8.78 Å². The van der Waals surface area contributed by atoms with Gasteiger partial charge in [-0.1, -0.05) is 13.8 Å². The molecule has 3 heteroatoms. The van der Waals surface area contributed by atoms with Gasteiger partial charge in [0, 0.05) is 17.5 Å². The van der Waals surface area contributed by atoms with Crippen LogP contribution in [0.3, 0.4) is 0 Å². The summed E-state index contributed by atoms with van der Waals surface area (Å²) in [7, 11) is 0. The second-order valence-electron chi connectivity index (χ2n) is 2.97. The molecule has 0 aliphatic heterocycles. The van der Waals surface area contributed by atoms with Gasteiger partial charge in [-0.15, -0.1) is 0 Å². The maximum Gasteiger partial charge on any atom is 0.265 e. The minimum absolute atomic E-state index is 0.0144. The molecule has 0 N–H and O–H groups in total. The lowest BCUT2D eigenvalue weighted by Crippen LogP contribution is -1.93. The Morgan fingerprint density at radius 1 is 1.25 bits per heavy atom. The predicted molar refractivity (Wildman–Crippen MR) is 43.3 cm³/mol. The summed E-state index contributed by atoms with van der Waals surface area (Å²) in [5.41, 5.74) is 0.832. The molecule has 0 aliphatic rings. The lowest BCUT2D eigenvalue weighted by Gasteiger charge is -2.04. The van der Waals surface area contributed by atoms with Crippen molar-refractivity contribution in [2.45, 2.75) is 26.2 Å². The van der Waals surface area contributed by atoms with Gasteiger partial charge in [0.05, 0.1) is 0 Å². The summed E-state index contributed by atoms with van der Waals surface area (Å²) in [5.74, 6) is 0.289. The average Bonchev–Trinajstić information content (AvgIpc) is 2.04. The van der Waals surface area contributed by atoms with Crippen molar-refractivity contribution >= 4 is 0 Å². The van der Waals surface area contributed by atoms with Crippen LogP contribution in [0.2, 0.25) is 0 Å². The first kappa shape index (κ1) is 9.10. The van der Waals surface area contributed by atoms with E-state index >= 15 is 0 Å². The molecule has 0 amide bonds. The van der Waals surface area contributed by atoms with Crippen LogP contribution in [0.4, 0.5) is 8.78 Å². The van der Waals surface area contributed by atoms with E-state index < -0.39 is 6.43 Å². The Balaban J connectivity index is 2.86. The zero-order chi connectivity index (χ0) is 9.14. The molecule has 0 saturated carbocycles. The molecule has 0 spiro atoms. The number of hydrogen-bond donors (Lipinski definition) is 0. The molecule has 1 heterocycles. The Hall–Kier alpha value is -0.990. The maximum atomic E-state index is 12.1. The van der Waals surface area contributed by atoms with Crippen LogP contribution in [0.5, 0.6) is 0 Å². The van der Waals surface area contributed by atoms with E-state index in [9.17, 15) is 8.78 Å². The highest BCUT2D eigenvalue weighted by atomic mass is 19.3. The van der Waals surface area contributed by atoms with Gasteiger partial charge < -0.3 is 0 Å². The molecule has 66 valence electrons. The van der Waals surface area contributed by atoms with Crippen LogP contribution in [0.1, 0.15) is 37.4 Å². The molecule has 0 saturated heterocycles. The second kappa shape index (κ2) is 3.61. The summed E-state index contributed by atoms with van der Waals surface area (Å²) < 4.78 is 24.1. The Bertz CT molecular complexity index is 214. The van der Waals surface area contributed by atoms with Crippen LogP contribution in [-0.2, 0) is 0 Å². The van der Waals surface area contributed by atoms with E-state index in [1.165, 1.54) is 12.3 Å². The van der Waals surface area contributed by atoms with Gasteiger partial charge in [-0.25, -0.2) is 8.78 Å². The van der Waals surface area contributed by atoms with Crippen LogP contribution in [0.25, 0.3) is 0 Å². The third kappa shape index (κ3) is 2.00. The summed E-state index contributed by atoms with van der Waals surface area (Å²) in [6, 6.07) is 3.07. The zero-order valence-corrected chi connectivity index (χ0v) is 7.09. The molecule has 12 heavy (non-hydrogen) atoms. The van der Waals surface area contributed by atoms with Gasteiger partial charge in [-0.05, 0) is 18.1 Å². The topological polar surface area (TPSA) is 12.9 Å². The smallest absolute Gasteiger partial charge is 0.261 e. The van der Waals surface area contributed by atoms with Crippen LogP contribution >= 0.6 is 0 Å². The third-order valence-corrected chi connectivity index (χ3v) is 1.65. The van der Waals surface area contributed by atoms with Crippen LogP contribution in [0.15, 0.2) is 18.3 Å². The monoisotopic (exact) mass is 171 g/mol. The molecule has 1 rings (SSSR count). The minimum Gasteiger partial charge on any atom is -0.261 e. The largest absolute Gasteiger partial charge is 0.265 e. The number of halogens is 2. The summed E-state index contributed by atoms with van der Waals surface area (Å²) in [6.45, 7) is 3.95. The van der Waals surface area contributed by atoms with E-state index in [-0.39, 0.29) is 11.5 Å². The first-order chi connectivity index (χ1) is 5.61. The third-order valence-electron chi connectivity index (χ3n) is 1.65. The molecule has 1 aromatic heterocycles. The number of aromatic nitrogens is 1. The fourth-order valence-electron chi connectivity index (χ4n) is 0.887. The van der Waals surface area contributed by atoms with E-state index in [0.29, 0.717) is 0 Å². The number of nitrogens with zero attached hydrogens (tertiary/aromatic N) is 1. The SMILES string of the molecule is CC(C)c1ccc(C(F)F)cn1. The molecular weight excluding hydrogens is 160 g/mol. The number of rotatable bonds is 2. The predicted octanol–water partition coefficient (Wildman–Crippen LogP) is 3.14. The van der Waals surface area contributed by atoms with E-state index in [1.807, 2.05) is 13.8 Å². The Morgan fingerprint density at radius 2 is 1.92 bits per heavy atom. The highest BCUT2D eigenvalue weighted by Crippen LogP contribution is 2.19. The maximum absolute atomic E-state index is 12.1. The molecule has 1 nitrogen and oxygen atoms in total. The normalized spacial score (nSPS) is 11.2. The van der Waals surface area contributed by atoms with E-state index in [2.05, 4.69) is 4.98 Å². The van der Waals surface area contributed by atoms with Crippen LogP contribution in [0, 0.1) is 0 Å². The first-order valence-electron chi connectivity index (χ1n) is 3.85. The molecule has 1 aromatic rings. The molecule has 0 bridgehead atoms. The van der Waals surface area contributed by atoms with E-state index in [0.717, 1.165) is 5.69 Å². The molecular formula is C9H11F2N. The van der Waals surface area contributed by atoms with Gasteiger partial charge in [0.2, 0.25) is 0 Å². The Kier molecular flexibility index (Phi) is 2.74. The lowest BCUT2D eigenvalue weighted by atomic mass is 10.1. The molecule has 0 aromatic carbocycles. The Morgan fingerprint density at radius 3 is 2.25 bits per heavy atom. The minimum atomic E-state index is -2.42. The fraction of sp³-hybridized carbons (Fsp3) is 0.444. The second-order valence-corrected chi connectivity index (χ2v) is 2.97. The molecule has 0 aliphatic carbocycles. The summed E-state index contributed by atoms with van der Waals surface area (Å²) in [5, 5.41) is 0. The number of hydrogen-bond acceptors (Lipinski definition) is 1. The molecule has 0 radical (unpaired) electrons. The lowest BCUT2D eigenvalue weighted by molar-refractivity contribution is 0.151. The van der Waals surface area contributed by atoms with Crippen molar-refractivity contribution in [3.63, 3.8) is 0 Å². The summed E-state index contributed by atoms with van der Waals surface area (Å²) >= 11 is 0. The quantitative estimate of drug-likeness (QED) is 0.666. The molecule has 0 fully saturated rings. The highest BCUT2D eigenvalue weighted by Gasteiger charge is 2.07. The van der Waals surface area contributed by atoms with E-state index in [4.69, 9.17) is 0 Å². The van der Waals surface area contributed by atoms with Crippen molar-refractivity contribution in [3.05, 3.63) is 29.6 Å². The Labute approximate surface area is 70.4 Å². The van der Waals surface area contributed by atoms with Gasteiger partial charge in [0.1, 0.15) is 0 Å². The van der Waals surface area contributed by atoms with Crippen molar-refractivity contribution in [1.29, 1.82) is 0 Å². The van der Waals surface area contributed by atoms with Gasteiger partial charge in [0.15, 0.2) is 0 Å². The van der Waals surface area contributed by atoms with E-state index in [1.54, 1.807) is 6.07 Å². The van der Waals surface area contributed by atoms with Gasteiger partial charge in [-0.2, -0.15) is 0 Å². The highest BCUT2D eigenvalue weighted by molar-refractivity contribution is 5.16. The molecule has 0 unspecified atom stereocenters. The van der Waals surface area contributed by atoms with Crippen molar-refractivity contribution in [1.82, 2.24) is 4.98 Å². The average molecular weight is 171 g/mol. The van der Waals surface area contributed by atoms with Crippen LogP contribution in [-0.4, -0.2) is 4.98 Å². The van der Waals surface area contributed by atoms with Crippen molar-refractivity contribution in [2.24, 2.45) is 0 Å². The summed E-state index contributed by atoms with van der Waals surface area (Å²) in [6.07, 6.45) is -1.18. The number of alkyl halides is 2. The van der Waals surface area contributed by atoms with Gasteiger partial charge >= 0.3 is 0 Å². The van der Waals surface area contributed by atoms with Crippen molar-refractivity contribution in [2.75, 3.05) is 0 Å². The fourth-order valence-corrected chi connectivity index (χ4v) is 0.887. The van der Waals surface area contributed by atoms with Gasteiger partial charge in [-0.3, -0.25) is 4.98 Å².